The standard InChI is InChI=1S/C16H31N3O.ClH/c20-16(8-3-7-15-5-1-2-6-15)18-9-4-12-19-13-10-17-11-14-19;/h15,17H,1-14H2,(H,18,20);1H. The summed E-state index contributed by atoms with van der Waals surface area (Å²) in [5, 5.41) is 6.42. The molecule has 2 N–H and O–H groups in total. The number of piperazine rings is 1. The number of amides is 1. The molecular weight excluding hydrogens is 286 g/mol. The summed E-state index contributed by atoms with van der Waals surface area (Å²) in [4.78, 5) is 14.2. The topological polar surface area (TPSA) is 44.4 Å². The summed E-state index contributed by atoms with van der Waals surface area (Å²) in [5.74, 6) is 1.17. The van der Waals surface area contributed by atoms with Gasteiger partial charge in [0.1, 0.15) is 0 Å². The van der Waals surface area contributed by atoms with Crippen LogP contribution in [-0.4, -0.2) is 50.1 Å². The second kappa shape index (κ2) is 11.3. The van der Waals surface area contributed by atoms with Crippen molar-refractivity contribution in [1.29, 1.82) is 0 Å². The van der Waals surface area contributed by atoms with E-state index in [4.69, 9.17) is 0 Å². The first kappa shape index (κ1) is 18.7. The molecule has 4 nitrogen and oxygen atoms in total. The van der Waals surface area contributed by atoms with Crippen LogP contribution in [-0.2, 0) is 4.79 Å². The Labute approximate surface area is 135 Å². The normalized spacial score (nSPS) is 20.2. The number of halogens is 1. The second-order valence-electron chi connectivity index (χ2n) is 6.34. The summed E-state index contributed by atoms with van der Waals surface area (Å²) in [6.07, 6.45) is 9.74. The maximum Gasteiger partial charge on any atom is 0.219 e. The van der Waals surface area contributed by atoms with Gasteiger partial charge in [0.05, 0.1) is 0 Å². The van der Waals surface area contributed by atoms with Crippen LogP contribution in [0.5, 0.6) is 0 Å². The molecule has 1 heterocycles. The fourth-order valence-corrected chi connectivity index (χ4v) is 3.40. The summed E-state index contributed by atoms with van der Waals surface area (Å²) in [7, 11) is 0. The Kier molecular flexibility index (Phi) is 10.1. The van der Waals surface area contributed by atoms with Crippen LogP contribution >= 0.6 is 12.4 Å². The molecule has 2 rings (SSSR count). The Morgan fingerprint density at radius 2 is 1.86 bits per heavy atom. The molecular formula is C16H32ClN3O. The smallest absolute Gasteiger partial charge is 0.219 e. The lowest BCUT2D eigenvalue weighted by Gasteiger charge is -2.27. The van der Waals surface area contributed by atoms with Gasteiger partial charge in [0, 0.05) is 39.1 Å². The predicted molar refractivity (Wildman–Crippen MR) is 90.0 cm³/mol. The first-order valence-corrected chi connectivity index (χ1v) is 8.54. The Bertz CT molecular complexity index is 277. The van der Waals surface area contributed by atoms with Gasteiger partial charge in [0.2, 0.25) is 5.91 Å². The number of hydrogen-bond acceptors (Lipinski definition) is 3. The molecule has 0 aromatic heterocycles. The molecule has 1 aliphatic heterocycles. The third kappa shape index (κ3) is 8.03. The average molecular weight is 318 g/mol. The number of nitrogens with zero attached hydrogens (tertiary/aromatic N) is 1. The molecule has 1 saturated heterocycles. The van der Waals surface area contributed by atoms with Crippen LogP contribution in [0, 0.1) is 5.92 Å². The number of rotatable bonds is 8. The van der Waals surface area contributed by atoms with Crippen LogP contribution in [0.4, 0.5) is 0 Å². The predicted octanol–water partition coefficient (Wildman–Crippen LogP) is 2.18. The van der Waals surface area contributed by atoms with Crippen LogP contribution in [0.3, 0.4) is 0 Å². The number of carbonyl (C=O) groups is 1. The van der Waals surface area contributed by atoms with Gasteiger partial charge in [0.25, 0.3) is 0 Å². The van der Waals surface area contributed by atoms with Gasteiger partial charge < -0.3 is 15.5 Å². The third-order valence-corrected chi connectivity index (χ3v) is 4.67. The molecule has 0 spiro atoms. The number of nitrogens with one attached hydrogen (secondary N) is 2. The largest absolute Gasteiger partial charge is 0.356 e. The van der Waals surface area contributed by atoms with Crippen molar-refractivity contribution in [2.45, 2.75) is 51.4 Å². The summed E-state index contributed by atoms with van der Waals surface area (Å²) in [5.41, 5.74) is 0. The molecule has 21 heavy (non-hydrogen) atoms. The quantitative estimate of drug-likeness (QED) is 0.674. The second-order valence-corrected chi connectivity index (χ2v) is 6.34. The Morgan fingerprint density at radius 3 is 2.57 bits per heavy atom. The van der Waals surface area contributed by atoms with Crippen LogP contribution < -0.4 is 10.6 Å². The van der Waals surface area contributed by atoms with E-state index >= 15 is 0 Å². The lowest BCUT2D eigenvalue weighted by molar-refractivity contribution is -0.121. The fraction of sp³-hybridized carbons (Fsp3) is 0.938. The van der Waals surface area contributed by atoms with Gasteiger partial charge in [-0.15, -0.1) is 12.4 Å². The monoisotopic (exact) mass is 317 g/mol. The number of carbonyl (C=O) groups excluding carboxylic acids is 1. The van der Waals surface area contributed by atoms with Crippen molar-refractivity contribution in [3.63, 3.8) is 0 Å². The molecule has 0 aromatic rings. The highest BCUT2D eigenvalue weighted by Gasteiger charge is 2.14. The van der Waals surface area contributed by atoms with E-state index in [1.807, 2.05) is 0 Å². The van der Waals surface area contributed by atoms with Crippen molar-refractivity contribution in [1.82, 2.24) is 15.5 Å². The zero-order valence-electron chi connectivity index (χ0n) is 13.2. The van der Waals surface area contributed by atoms with Crippen molar-refractivity contribution in [3.8, 4) is 0 Å². The highest BCUT2D eigenvalue weighted by molar-refractivity contribution is 5.85. The molecule has 0 aromatic carbocycles. The minimum Gasteiger partial charge on any atom is -0.356 e. The first-order chi connectivity index (χ1) is 9.84. The Morgan fingerprint density at radius 1 is 1.14 bits per heavy atom. The van der Waals surface area contributed by atoms with Crippen molar-refractivity contribution in [2.24, 2.45) is 5.92 Å². The van der Waals surface area contributed by atoms with Crippen molar-refractivity contribution >= 4 is 18.3 Å². The molecule has 124 valence electrons. The fourth-order valence-electron chi connectivity index (χ4n) is 3.40. The van der Waals surface area contributed by atoms with Gasteiger partial charge in [-0.25, -0.2) is 0 Å². The van der Waals surface area contributed by atoms with Crippen molar-refractivity contribution < 1.29 is 4.79 Å². The molecule has 1 aliphatic carbocycles. The molecule has 1 amide bonds. The highest BCUT2D eigenvalue weighted by atomic mass is 35.5. The lowest BCUT2D eigenvalue weighted by atomic mass is 10.0. The van der Waals surface area contributed by atoms with Gasteiger partial charge in [-0.1, -0.05) is 25.7 Å². The summed E-state index contributed by atoms with van der Waals surface area (Å²) < 4.78 is 0. The molecule has 0 radical (unpaired) electrons. The maximum absolute atomic E-state index is 11.7. The highest BCUT2D eigenvalue weighted by Crippen LogP contribution is 2.28. The van der Waals surface area contributed by atoms with Crippen LogP contribution in [0.1, 0.15) is 51.4 Å². The van der Waals surface area contributed by atoms with Crippen LogP contribution in [0.15, 0.2) is 0 Å². The van der Waals surface area contributed by atoms with Crippen LogP contribution in [0.25, 0.3) is 0 Å². The molecule has 2 aliphatic rings. The maximum atomic E-state index is 11.7. The Balaban J connectivity index is 0.00000220. The van der Waals surface area contributed by atoms with Crippen LogP contribution in [0.2, 0.25) is 0 Å². The zero-order valence-corrected chi connectivity index (χ0v) is 14.1. The van der Waals surface area contributed by atoms with E-state index in [0.717, 1.165) is 64.4 Å². The first-order valence-electron chi connectivity index (χ1n) is 8.54. The molecule has 2 fully saturated rings. The van der Waals surface area contributed by atoms with E-state index in [9.17, 15) is 4.79 Å². The third-order valence-electron chi connectivity index (χ3n) is 4.67. The van der Waals surface area contributed by atoms with E-state index in [1.165, 1.54) is 32.1 Å². The molecule has 0 bridgehead atoms. The van der Waals surface area contributed by atoms with Crippen molar-refractivity contribution in [3.05, 3.63) is 0 Å². The molecule has 1 saturated carbocycles. The minimum atomic E-state index is 0. The zero-order chi connectivity index (χ0) is 14.0. The van der Waals surface area contributed by atoms with Gasteiger partial charge in [0.15, 0.2) is 0 Å². The van der Waals surface area contributed by atoms with Gasteiger partial charge in [-0.05, 0) is 31.7 Å². The summed E-state index contributed by atoms with van der Waals surface area (Å²) >= 11 is 0. The van der Waals surface area contributed by atoms with E-state index in [-0.39, 0.29) is 18.3 Å². The summed E-state index contributed by atoms with van der Waals surface area (Å²) in [6.45, 7) is 6.46. The molecule has 0 atom stereocenters. The molecule has 0 unspecified atom stereocenters. The average Bonchev–Trinajstić information content (AvgIpc) is 2.98. The minimum absolute atomic E-state index is 0. The van der Waals surface area contributed by atoms with Gasteiger partial charge >= 0.3 is 0 Å². The molecule has 5 heteroatoms. The number of hydrogen-bond donors (Lipinski definition) is 2. The summed E-state index contributed by atoms with van der Waals surface area (Å²) in [6, 6.07) is 0. The van der Waals surface area contributed by atoms with E-state index in [0.29, 0.717) is 0 Å². The van der Waals surface area contributed by atoms with Gasteiger partial charge in [-0.3, -0.25) is 4.79 Å². The SMILES string of the molecule is Cl.O=C(CCCC1CCCC1)NCCCN1CCNCC1. The van der Waals surface area contributed by atoms with E-state index in [2.05, 4.69) is 15.5 Å². The van der Waals surface area contributed by atoms with Crippen molar-refractivity contribution in [2.75, 3.05) is 39.3 Å². The van der Waals surface area contributed by atoms with Gasteiger partial charge in [-0.2, -0.15) is 0 Å². The lowest BCUT2D eigenvalue weighted by Crippen LogP contribution is -2.44. The van der Waals surface area contributed by atoms with E-state index < -0.39 is 0 Å². The van der Waals surface area contributed by atoms with E-state index in [1.54, 1.807) is 0 Å². The Hall–Kier alpha value is -0.320.